The van der Waals surface area contributed by atoms with Crippen molar-refractivity contribution in [3.63, 3.8) is 0 Å². The number of hydrogen-bond donors (Lipinski definition) is 0. The van der Waals surface area contributed by atoms with Gasteiger partial charge in [-0.15, -0.1) is 0 Å². The molecule has 2 aromatic rings. The molecule has 1 aromatic heterocycles. The fourth-order valence-electron chi connectivity index (χ4n) is 4.42. The van der Waals surface area contributed by atoms with Crippen LogP contribution in [0, 0.1) is 26.7 Å². The number of piperidine rings is 1. The van der Waals surface area contributed by atoms with E-state index in [1.807, 2.05) is 58.9 Å². The minimum absolute atomic E-state index is 0.00122. The highest BCUT2D eigenvalue weighted by Crippen LogP contribution is 2.30. The summed E-state index contributed by atoms with van der Waals surface area (Å²) in [6, 6.07) is 7.52. The SMILES string of the molecule is Cc1cc(C)c(S(=O)(=O)N2CCC(C(=O)N(c3cccnc3)C(C)C)CC2)c(C)c1. The van der Waals surface area contributed by atoms with Crippen LogP contribution in [0.3, 0.4) is 0 Å². The van der Waals surface area contributed by atoms with Crippen molar-refractivity contribution in [3.8, 4) is 0 Å². The van der Waals surface area contributed by atoms with Gasteiger partial charge in [0.2, 0.25) is 15.9 Å². The molecule has 162 valence electrons. The molecule has 1 aliphatic rings. The molecule has 1 amide bonds. The highest BCUT2D eigenvalue weighted by molar-refractivity contribution is 7.89. The number of carbonyl (C=O) groups excluding carboxylic acids is 1. The Labute approximate surface area is 180 Å². The first-order valence-electron chi connectivity index (χ1n) is 10.4. The van der Waals surface area contributed by atoms with E-state index in [-0.39, 0.29) is 17.9 Å². The Hall–Kier alpha value is -2.25. The summed E-state index contributed by atoms with van der Waals surface area (Å²) in [5, 5.41) is 0. The molecule has 6 nitrogen and oxygen atoms in total. The number of nitrogens with zero attached hydrogens (tertiary/aromatic N) is 3. The number of aryl methyl sites for hydroxylation is 3. The van der Waals surface area contributed by atoms with Gasteiger partial charge in [0.05, 0.1) is 16.8 Å². The van der Waals surface area contributed by atoms with Crippen LogP contribution in [0.2, 0.25) is 0 Å². The van der Waals surface area contributed by atoms with Gasteiger partial charge < -0.3 is 4.90 Å². The van der Waals surface area contributed by atoms with Gasteiger partial charge >= 0.3 is 0 Å². The number of anilines is 1. The maximum atomic E-state index is 13.3. The fraction of sp³-hybridized carbons (Fsp3) is 0.478. The van der Waals surface area contributed by atoms with E-state index < -0.39 is 10.0 Å². The van der Waals surface area contributed by atoms with Crippen LogP contribution in [-0.4, -0.2) is 42.7 Å². The second kappa shape index (κ2) is 8.86. The molecule has 0 saturated carbocycles. The van der Waals surface area contributed by atoms with Crippen molar-refractivity contribution in [1.29, 1.82) is 0 Å². The zero-order valence-corrected chi connectivity index (χ0v) is 19.2. The maximum absolute atomic E-state index is 13.3. The van der Waals surface area contributed by atoms with Gasteiger partial charge in [0.15, 0.2) is 0 Å². The van der Waals surface area contributed by atoms with Gasteiger partial charge in [-0.05, 0) is 70.7 Å². The summed E-state index contributed by atoms with van der Waals surface area (Å²) in [5.41, 5.74) is 3.37. The van der Waals surface area contributed by atoms with Crippen molar-refractivity contribution < 1.29 is 13.2 Å². The van der Waals surface area contributed by atoms with E-state index in [1.54, 1.807) is 17.3 Å². The monoisotopic (exact) mass is 429 g/mol. The Morgan fingerprint density at radius 1 is 1.13 bits per heavy atom. The summed E-state index contributed by atoms with van der Waals surface area (Å²) in [6.45, 7) is 10.3. The third-order valence-corrected chi connectivity index (χ3v) is 7.89. The number of benzene rings is 1. The first-order chi connectivity index (χ1) is 14.1. The minimum Gasteiger partial charge on any atom is -0.308 e. The van der Waals surface area contributed by atoms with Crippen molar-refractivity contribution in [3.05, 3.63) is 53.3 Å². The number of aromatic nitrogens is 1. The van der Waals surface area contributed by atoms with Gasteiger partial charge in [-0.1, -0.05) is 17.7 Å². The van der Waals surface area contributed by atoms with E-state index in [1.165, 1.54) is 4.31 Å². The molecule has 0 aliphatic carbocycles. The van der Waals surface area contributed by atoms with Crippen LogP contribution in [-0.2, 0) is 14.8 Å². The molecule has 0 spiro atoms. The lowest BCUT2D eigenvalue weighted by Crippen LogP contribution is -2.46. The second-order valence-corrected chi connectivity index (χ2v) is 10.3. The number of sulfonamides is 1. The summed E-state index contributed by atoms with van der Waals surface area (Å²) >= 11 is 0. The molecule has 1 aromatic carbocycles. The Bertz CT molecular complexity index is 988. The number of amides is 1. The molecule has 0 unspecified atom stereocenters. The average molecular weight is 430 g/mol. The summed E-state index contributed by atoms with van der Waals surface area (Å²) in [6.07, 6.45) is 4.42. The van der Waals surface area contributed by atoms with E-state index in [9.17, 15) is 13.2 Å². The molecule has 0 atom stereocenters. The molecule has 0 radical (unpaired) electrons. The number of rotatable bonds is 5. The van der Waals surface area contributed by atoms with Crippen molar-refractivity contribution in [2.75, 3.05) is 18.0 Å². The Kier molecular flexibility index (Phi) is 6.62. The molecule has 3 rings (SSSR count). The Balaban J connectivity index is 1.76. The topological polar surface area (TPSA) is 70.6 Å². The van der Waals surface area contributed by atoms with E-state index in [0.29, 0.717) is 30.8 Å². The van der Waals surface area contributed by atoms with E-state index >= 15 is 0 Å². The smallest absolute Gasteiger partial charge is 0.243 e. The predicted octanol–water partition coefficient (Wildman–Crippen LogP) is 3.85. The second-order valence-electron chi connectivity index (χ2n) is 8.42. The Morgan fingerprint density at radius 3 is 2.23 bits per heavy atom. The van der Waals surface area contributed by atoms with Crippen LogP contribution in [0.5, 0.6) is 0 Å². The maximum Gasteiger partial charge on any atom is 0.243 e. The fourth-order valence-corrected chi connectivity index (χ4v) is 6.30. The van der Waals surface area contributed by atoms with Crippen molar-refractivity contribution in [2.45, 2.75) is 58.4 Å². The van der Waals surface area contributed by atoms with Crippen LogP contribution in [0.15, 0.2) is 41.6 Å². The molecular formula is C23H31N3O3S. The largest absolute Gasteiger partial charge is 0.308 e. The quantitative estimate of drug-likeness (QED) is 0.724. The van der Waals surface area contributed by atoms with Crippen LogP contribution in [0.25, 0.3) is 0 Å². The lowest BCUT2D eigenvalue weighted by Gasteiger charge is -2.35. The molecule has 0 bridgehead atoms. The molecular weight excluding hydrogens is 398 g/mol. The van der Waals surface area contributed by atoms with Gasteiger partial charge in [0, 0.05) is 31.2 Å². The van der Waals surface area contributed by atoms with Gasteiger partial charge in [0.1, 0.15) is 0 Å². The highest BCUT2D eigenvalue weighted by atomic mass is 32.2. The molecule has 1 aliphatic heterocycles. The normalized spacial score (nSPS) is 16.1. The first kappa shape index (κ1) is 22.4. The van der Waals surface area contributed by atoms with Gasteiger partial charge in [0.25, 0.3) is 0 Å². The van der Waals surface area contributed by atoms with Crippen LogP contribution >= 0.6 is 0 Å². The summed E-state index contributed by atoms with van der Waals surface area (Å²) in [5.74, 6) is -0.156. The lowest BCUT2D eigenvalue weighted by molar-refractivity contribution is -0.123. The molecule has 1 saturated heterocycles. The van der Waals surface area contributed by atoms with Crippen molar-refractivity contribution >= 4 is 21.6 Å². The third-order valence-electron chi connectivity index (χ3n) is 5.68. The van der Waals surface area contributed by atoms with E-state index in [0.717, 1.165) is 22.4 Å². The van der Waals surface area contributed by atoms with Gasteiger partial charge in [-0.2, -0.15) is 4.31 Å². The summed E-state index contributed by atoms with van der Waals surface area (Å²) < 4.78 is 28.1. The van der Waals surface area contributed by atoms with E-state index in [4.69, 9.17) is 0 Å². The zero-order valence-electron chi connectivity index (χ0n) is 18.4. The molecule has 30 heavy (non-hydrogen) atoms. The molecule has 7 heteroatoms. The summed E-state index contributed by atoms with van der Waals surface area (Å²) in [7, 11) is -3.58. The van der Waals surface area contributed by atoms with Crippen LogP contribution in [0.1, 0.15) is 43.4 Å². The van der Waals surface area contributed by atoms with Gasteiger partial charge in [-0.25, -0.2) is 8.42 Å². The third kappa shape index (κ3) is 4.42. The van der Waals surface area contributed by atoms with Crippen molar-refractivity contribution in [2.24, 2.45) is 5.92 Å². The highest BCUT2D eigenvalue weighted by Gasteiger charge is 2.36. The van der Waals surface area contributed by atoms with Crippen LogP contribution < -0.4 is 4.90 Å². The first-order valence-corrected chi connectivity index (χ1v) is 11.9. The number of pyridine rings is 1. The van der Waals surface area contributed by atoms with Gasteiger partial charge in [-0.3, -0.25) is 9.78 Å². The van der Waals surface area contributed by atoms with Crippen LogP contribution in [0.4, 0.5) is 5.69 Å². The Morgan fingerprint density at radius 2 is 1.73 bits per heavy atom. The molecule has 1 fully saturated rings. The predicted molar refractivity (Wildman–Crippen MR) is 119 cm³/mol. The standard InChI is InChI=1S/C23H31N3O3S/c1-16(2)26(21-7-6-10-24-15-21)23(27)20-8-11-25(12-9-20)30(28,29)22-18(4)13-17(3)14-19(22)5/h6-7,10,13-16,20H,8-9,11-12H2,1-5H3. The zero-order chi connectivity index (χ0) is 22.1. The number of carbonyl (C=O) groups is 1. The minimum atomic E-state index is -3.58. The lowest BCUT2D eigenvalue weighted by atomic mass is 9.95. The molecule has 2 heterocycles. The average Bonchev–Trinajstić information content (AvgIpc) is 2.67. The van der Waals surface area contributed by atoms with Crippen molar-refractivity contribution in [1.82, 2.24) is 9.29 Å². The van der Waals surface area contributed by atoms with E-state index in [2.05, 4.69) is 4.98 Å². The summed E-state index contributed by atoms with van der Waals surface area (Å²) in [4.78, 5) is 19.6. The number of hydrogen-bond acceptors (Lipinski definition) is 4. The molecule has 0 N–H and O–H groups in total.